The second-order valence-corrected chi connectivity index (χ2v) is 7.85. The number of nitrogens with one attached hydrogen (secondary N) is 2. The lowest BCUT2D eigenvalue weighted by molar-refractivity contribution is -0.122. The number of hydrogen-bond acceptors (Lipinski definition) is 4. The Balaban J connectivity index is 1.65. The van der Waals surface area contributed by atoms with Crippen LogP contribution < -0.4 is 14.8 Å². The van der Waals surface area contributed by atoms with Gasteiger partial charge in [-0.1, -0.05) is 30.3 Å². The van der Waals surface area contributed by atoms with Crippen LogP contribution in [0.15, 0.2) is 83.8 Å². The number of ether oxygens (including phenoxy) is 1. The number of carbonyl (C=O) groups is 1. The molecular formula is C21H19FN2O4S. The molecule has 150 valence electrons. The molecule has 0 unspecified atom stereocenters. The van der Waals surface area contributed by atoms with Crippen LogP contribution in [0.3, 0.4) is 0 Å². The van der Waals surface area contributed by atoms with Crippen LogP contribution in [-0.4, -0.2) is 20.4 Å². The molecule has 0 bridgehead atoms. The average molecular weight is 414 g/mol. The largest absolute Gasteiger partial charge is 0.481 e. The molecule has 0 fully saturated rings. The first kappa shape index (κ1) is 20.3. The van der Waals surface area contributed by atoms with Crippen LogP contribution in [0, 0.1) is 5.82 Å². The number of halogens is 1. The number of benzene rings is 3. The summed E-state index contributed by atoms with van der Waals surface area (Å²) in [6, 6.07) is 19.9. The van der Waals surface area contributed by atoms with Gasteiger partial charge >= 0.3 is 0 Å². The first-order chi connectivity index (χ1) is 13.8. The molecule has 0 aliphatic rings. The van der Waals surface area contributed by atoms with Gasteiger partial charge in [-0.25, -0.2) is 12.8 Å². The normalized spacial score (nSPS) is 12.1. The summed E-state index contributed by atoms with van der Waals surface area (Å²) in [7, 11) is -3.97. The van der Waals surface area contributed by atoms with Crippen LogP contribution in [0.1, 0.15) is 6.92 Å². The number of amides is 1. The summed E-state index contributed by atoms with van der Waals surface area (Å²) in [4.78, 5) is 12.2. The fourth-order valence-electron chi connectivity index (χ4n) is 2.47. The van der Waals surface area contributed by atoms with E-state index in [-0.39, 0.29) is 16.5 Å². The zero-order valence-electron chi connectivity index (χ0n) is 15.5. The van der Waals surface area contributed by atoms with Crippen LogP contribution in [0.4, 0.5) is 15.8 Å². The molecule has 3 aromatic carbocycles. The van der Waals surface area contributed by atoms with Gasteiger partial charge in [-0.3, -0.25) is 9.52 Å². The molecule has 1 atom stereocenters. The van der Waals surface area contributed by atoms with Gasteiger partial charge in [0.15, 0.2) is 6.10 Å². The third-order valence-electron chi connectivity index (χ3n) is 3.98. The molecule has 3 aromatic rings. The van der Waals surface area contributed by atoms with Crippen molar-refractivity contribution in [1.82, 2.24) is 0 Å². The molecule has 0 heterocycles. The fourth-order valence-corrected chi connectivity index (χ4v) is 3.53. The Hall–Kier alpha value is -3.39. The monoisotopic (exact) mass is 414 g/mol. The van der Waals surface area contributed by atoms with E-state index in [1.165, 1.54) is 42.5 Å². The van der Waals surface area contributed by atoms with Crippen molar-refractivity contribution in [3.63, 3.8) is 0 Å². The third kappa shape index (κ3) is 5.32. The van der Waals surface area contributed by atoms with Crippen molar-refractivity contribution >= 4 is 27.3 Å². The predicted octanol–water partition coefficient (Wildman–Crippen LogP) is 4.03. The van der Waals surface area contributed by atoms with Crippen molar-refractivity contribution in [2.45, 2.75) is 17.9 Å². The molecule has 1 amide bonds. The molecule has 0 aromatic heterocycles. The number of para-hydroxylation sites is 2. The van der Waals surface area contributed by atoms with Crippen molar-refractivity contribution in [3.8, 4) is 5.75 Å². The minimum atomic E-state index is -3.97. The van der Waals surface area contributed by atoms with E-state index in [1.54, 1.807) is 31.2 Å². The van der Waals surface area contributed by atoms with Crippen molar-refractivity contribution in [2.24, 2.45) is 0 Å². The SMILES string of the molecule is C[C@@H](Oc1ccccc1)C(=O)Nc1ccc(S(=O)(=O)Nc2ccccc2F)cc1. The molecule has 29 heavy (non-hydrogen) atoms. The quantitative estimate of drug-likeness (QED) is 0.611. The molecule has 0 aliphatic heterocycles. The van der Waals surface area contributed by atoms with Crippen LogP contribution >= 0.6 is 0 Å². The molecule has 8 heteroatoms. The maximum Gasteiger partial charge on any atom is 0.265 e. The maximum absolute atomic E-state index is 13.7. The van der Waals surface area contributed by atoms with E-state index in [9.17, 15) is 17.6 Å². The van der Waals surface area contributed by atoms with E-state index < -0.39 is 21.9 Å². The lowest BCUT2D eigenvalue weighted by Crippen LogP contribution is -2.30. The van der Waals surface area contributed by atoms with Crippen molar-refractivity contribution in [2.75, 3.05) is 10.0 Å². The van der Waals surface area contributed by atoms with E-state index >= 15 is 0 Å². The highest BCUT2D eigenvalue weighted by molar-refractivity contribution is 7.92. The highest BCUT2D eigenvalue weighted by Crippen LogP contribution is 2.20. The first-order valence-electron chi connectivity index (χ1n) is 8.75. The summed E-state index contributed by atoms with van der Waals surface area (Å²) in [5.74, 6) is -0.489. The highest BCUT2D eigenvalue weighted by Gasteiger charge is 2.18. The Morgan fingerprint density at radius 2 is 1.55 bits per heavy atom. The molecule has 3 rings (SSSR count). The van der Waals surface area contributed by atoms with E-state index in [0.29, 0.717) is 11.4 Å². The summed E-state index contributed by atoms with van der Waals surface area (Å²) in [5.41, 5.74) is 0.264. The van der Waals surface area contributed by atoms with Crippen LogP contribution in [0.2, 0.25) is 0 Å². The van der Waals surface area contributed by atoms with E-state index in [1.807, 2.05) is 6.07 Å². The van der Waals surface area contributed by atoms with Gasteiger partial charge in [0.25, 0.3) is 15.9 Å². The van der Waals surface area contributed by atoms with Gasteiger partial charge < -0.3 is 10.1 Å². The molecule has 2 N–H and O–H groups in total. The second kappa shape index (κ2) is 8.74. The zero-order chi connectivity index (χ0) is 20.9. The molecule has 0 aliphatic carbocycles. The molecule has 6 nitrogen and oxygen atoms in total. The number of anilines is 2. The van der Waals surface area contributed by atoms with Crippen LogP contribution in [0.5, 0.6) is 5.75 Å². The highest BCUT2D eigenvalue weighted by atomic mass is 32.2. The Kier molecular flexibility index (Phi) is 6.13. The Morgan fingerprint density at radius 1 is 0.931 bits per heavy atom. The Morgan fingerprint density at radius 3 is 2.21 bits per heavy atom. The summed E-state index contributed by atoms with van der Waals surface area (Å²) >= 11 is 0. The Bertz CT molecular complexity index is 1090. The van der Waals surface area contributed by atoms with Gasteiger partial charge in [0, 0.05) is 5.69 Å². The Labute approximate surface area is 168 Å². The summed E-state index contributed by atoms with van der Waals surface area (Å²) in [5, 5.41) is 2.66. The topological polar surface area (TPSA) is 84.5 Å². The molecule has 0 saturated heterocycles. The summed E-state index contributed by atoms with van der Waals surface area (Å²) in [6.45, 7) is 1.61. The lowest BCUT2D eigenvalue weighted by Gasteiger charge is -2.15. The zero-order valence-corrected chi connectivity index (χ0v) is 16.3. The maximum atomic E-state index is 13.7. The number of rotatable bonds is 7. The van der Waals surface area contributed by atoms with E-state index in [4.69, 9.17) is 4.74 Å². The van der Waals surface area contributed by atoms with Gasteiger partial charge in [0.1, 0.15) is 11.6 Å². The molecule has 0 radical (unpaired) electrons. The third-order valence-corrected chi connectivity index (χ3v) is 5.36. The van der Waals surface area contributed by atoms with Gasteiger partial charge in [0.2, 0.25) is 0 Å². The number of hydrogen-bond donors (Lipinski definition) is 2. The second-order valence-electron chi connectivity index (χ2n) is 6.17. The van der Waals surface area contributed by atoms with Crippen molar-refractivity contribution < 1.29 is 22.3 Å². The molecule has 0 spiro atoms. The minimum absolute atomic E-state index is 0.0627. The van der Waals surface area contributed by atoms with E-state index in [2.05, 4.69) is 10.0 Å². The molecular weight excluding hydrogens is 395 g/mol. The fraction of sp³-hybridized carbons (Fsp3) is 0.0952. The minimum Gasteiger partial charge on any atom is -0.481 e. The van der Waals surface area contributed by atoms with Crippen LogP contribution in [-0.2, 0) is 14.8 Å². The summed E-state index contributed by atoms with van der Waals surface area (Å²) < 4.78 is 46.3. The van der Waals surface area contributed by atoms with Crippen LogP contribution in [0.25, 0.3) is 0 Å². The lowest BCUT2D eigenvalue weighted by atomic mass is 10.3. The standard InChI is InChI=1S/C21H19FN2O4S/c1-15(28-17-7-3-2-4-8-17)21(25)23-16-11-13-18(14-12-16)29(26,27)24-20-10-6-5-9-19(20)22/h2-15,24H,1H3,(H,23,25)/t15-/m1/s1. The molecule has 0 saturated carbocycles. The van der Waals surface area contributed by atoms with Gasteiger partial charge in [0.05, 0.1) is 10.6 Å². The smallest absolute Gasteiger partial charge is 0.265 e. The first-order valence-corrected chi connectivity index (χ1v) is 10.2. The average Bonchev–Trinajstić information content (AvgIpc) is 2.71. The number of carbonyl (C=O) groups excluding carboxylic acids is 1. The van der Waals surface area contributed by atoms with Crippen molar-refractivity contribution in [1.29, 1.82) is 0 Å². The number of sulfonamides is 1. The summed E-state index contributed by atoms with van der Waals surface area (Å²) in [6.07, 6.45) is -0.747. The predicted molar refractivity (Wildman–Crippen MR) is 109 cm³/mol. The van der Waals surface area contributed by atoms with Gasteiger partial charge in [-0.15, -0.1) is 0 Å². The van der Waals surface area contributed by atoms with Gasteiger partial charge in [-0.05, 0) is 55.5 Å². The van der Waals surface area contributed by atoms with Crippen molar-refractivity contribution in [3.05, 3.63) is 84.7 Å². The van der Waals surface area contributed by atoms with Gasteiger partial charge in [-0.2, -0.15) is 0 Å². The van der Waals surface area contributed by atoms with E-state index in [0.717, 1.165) is 6.07 Å².